The lowest BCUT2D eigenvalue weighted by atomic mass is 10.3. The molecule has 0 aromatic heterocycles. The number of hydrogen-bond donors (Lipinski definition) is 1. The van der Waals surface area contributed by atoms with Crippen molar-refractivity contribution >= 4 is 22.6 Å². The predicted molar refractivity (Wildman–Crippen MR) is 43.6 cm³/mol. The van der Waals surface area contributed by atoms with Crippen LogP contribution in [0.5, 0.6) is 0 Å². The second-order valence-electron chi connectivity index (χ2n) is 1.77. The van der Waals surface area contributed by atoms with E-state index in [0.29, 0.717) is 0 Å². The predicted octanol–water partition coefficient (Wildman–Crippen LogP) is 1.87. The molecular formula is C7H7ClN2. The van der Waals surface area contributed by atoms with Gasteiger partial charge in [0, 0.05) is 0 Å². The summed E-state index contributed by atoms with van der Waals surface area (Å²) in [5.41, 5.74) is 5.91. The first-order valence-corrected chi connectivity index (χ1v) is 3.21. The standard InChI is InChI=1S/C7H7ClN2/c8-7(9)10-6-4-2-1-3-5-6/h1-5H,(H2,9,10). The monoisotopic (exact) mass is 154 g/mol. The SMILES string of the molecule is NC(Cl)=Nc1ccccc1. The molecule has 1 aromatic rings. The Morgan fingerprint density at radius 2 is 1.90 bits per heavy atom. The van der Waals surface area contributed by atoms with E-state index in [9.17, 15) is 0 Å². The molecule has 0 saturated carbocycles. The van der Waals surface area contributed by atoms with E-state index in [1.165, 1.54) is 0 Å². The summed E-state index contributed by atoms with van der Waals surface area (Å²) in [6.45, 7) is 0. The van der Waals surface area contributed by atoms with E-state index in [2.05, 4.69) is 4.99 Å². The minimum absolute atomic E-state index is 0.0613. The van der Waals surface area contributed by atoms with E-state index in [1.807, 2.05) is 30.3 Å². The first kappa shape index (κ1) is 7.09. The van der Waals surface area contributed by atoms with Gasteiger partial charge in [0.1, 0.15) is 0 Å². The zero-order valence-corrected chi connectivity index (χ0v) is 6.05. The van der Waals surface area contributed by atoms with Gasteiger partial charge in [0.25, 0.3) is 0 Å². The highest BCUT2D eigenvalue weighted by Crippen LogP contribution is 2.09. The van der Waals surface area contributed by atoms with Gasteiger partial charge in [-0.05, 0) is 23.7 Å². The zero-order valence-electron chi connectivity index (χ0n) is 5.29. The topological polar surface area (TPSA) is 38.4 Å². The Morgan fingerprint density at radius 1 is 1.30 bits per heavy atom. The number of nitrogens with two attached hydrogens (primary N) is 1. The molecule has 52 valence electrons. The number of nitrogens with zero attached hydrogens (tertiary/aromatic N) is 1. The molecule has 0 heterocycles. The van der Waals surface area contributed by atoms with Gasteiger partial charge in [0.2, 0.25) is 0 Å². The summed E-state index contributed by atoms with van der Waals surface area (Å²) in [4.78, 5) is 3.82. The van der Waals surface area contributed by atoms with Crippen molar-refractivity contribution < 1.29 is 0 Å². The summed E-state index contributed by atoms with van der Waals surface area (Å²) >= 11 is 5.34. The maximum atomic E-state index is 5.34. The van der Waals surface area contributed by atoms with Crippen molar-refractivity contribution in [3.63, 3.8) is 0 Å². The number of aliphatic imine (C=N–C) groups is 1. The first-order chi connectivity index (χ1) is 4.79. The fraction of sp³-hybridized carbons (Fsp3) is 0. The lowest BCUT2D eigenvalue weighted by Crippen LogP contribution is -1.99. The molecular weight excluding hydrogens is 148 g/mol. The molecule has 0 saturated heterocycles. The van der Waals surface area contributed by atoms with Crippen LogP contribution in [-0.2, 0) is 0 Å². The van der Waals surface area contributed by atoms with Crippen LogP contribution in [0.3, 0.4) is 0 Å². The Morgan fingerprint density at radius 3 is 2.40 bits per heavy atom. The Kier molecular flexibility index (Phi) is 2.29. The van der Waals surface area contributed by atoms with Crippen LogP contribution in [-0.4, -0.2) is 5.29 Å². The summed E-state index contributed by atoms with van der Waals surface area (Å²) in [6, 6.07) is 9.31. The smallest absolute Gasteiger partial charge is 0.193 e. The largest absolute Gasteiger partial charge is 0.374 e. The van der Waals surface area contributed by atoms with Gasteiger partial charge in [-0.3, -0.25) is 0 Å². The van der Waals surface area contributed by atoms with Gasteiger partial charge >= 0.3 is 0 Å². The van der Waals surface area contributed by atoms with E-state index in [0.717, 1.165) is 5.69 Å². The van der Waals surface area contributed by atoms with Gasteiger partial charge in [-0.25, -0.2) is 4.99 Å². The van der Waals surface area contributed by atoms with Gasteiger partial charge in [-0.2, -0.15) is 0 Å². The van der Waals surface area contributed by atoms with E-state index in [1.54, 1.807) is 0 Å². The normalized spacial score (nSPS) is 11.5. The zero-order chi connectivity index (χ0) is 7.40. The Bertz CT molecular complexity index is 227. The molecule has 0 aliphatic carbocycles. The second kappa shape index (κ2) is 3.22. The van der Waals surface area contributed by atoms with Gasteiger partial charge in [0.05, 0.1) is 5.69 Å². The fourth-order valence-electron chi connectivity index (χ4n) is 0.626. The van der Waals surface area contributed by atoms with E-state index in [4.69, 9.17) is 17.3 Å². The molecule has 0 aliphatic rings. The summed E-state index contributed by atoms with van der Waals surface area (Å²) in [5, 5.41) is 0.0613. The fourth-order valence-corrected chi connectivity index (χ4v) is 0.723. The molecule has 0 radical (unpaired) electrons. The van der Waals surface area contributed by atoms with Crippen LogP contribution in [0.4, 0.5) is 5.69 Å². The van der Waals surface area contributed by atoms with Crippen molar-refractivity contribution in [3.8, 4) is 0 Å². The Hall–Kier alpha value is -1.02. The molecule has 0 unspecified atom stereocenters. The number of amidine groups is 1. The molecule has 1 rings (SSSR count). The molecule has 0 atom stereocenters. The molecule has 10 heavy (non-hydrogen) atoms. The average Bonchev–Trinajstić information content (AvgIpc) is 1.88. The minimum atomic E-state index is 0.0613. The van der Waals surface area contributed by atoms with E-state index < -0.39 is 0 Å². The van der Waals surface area contributed by atoms with Crippen molar-refractivity contribution in [2.24, 2.45) is 10.7 Å². The highest BCUT2D eigenvalue weighted by atomic mass is 35.5. The molecule has 0 aliphatic heterocycles. The number of para-hydroxylation sites is 1. The molecule has 0 amide bonds. The number of rotatable bonds is 1. The van der Waals surface area contributed by atoms with Gasteiger partial charge in [-0.15, -0.1) is 0 Å². The third-order valence-electron chi connectivity index (χ3n) is 0.992. The Labute approximate surface area is 64.3 Å². The number of hydrogen-bond acceptors (Lipinski definition) is 1. The first-order valence-electron chi connectivity index (χ1n) is 2.84. The maximum Gasteiger partial charge on any atom is 0.193 e. The third-order valence-corrected chi connectivity index (χ3v) is 1.08. The maximum absolute atomic E-state index is 5.34. The van der Waals surface area contributed by atoms with Crippen LogP contribution in [0.15, 0.2) is 35.3 Å². The van der Waals surface area contributed by atoms with Crippen molar-refractivity contribution in [1.29, 1.82) is 0 Å². The summed E-state index contributed by atoms with van der Waals surface area (Å²) in [6.07, 6.45) is 0. The van der Waals surface area contributed by atoms with Crippen molar-refractivity contribution in [2.45, 2.75) is 0 Å². The van der Waals surface area contributed by atoms with Crippen LogP contribution in [0.25, 0.3) is 0 Å². The van der Waals surface area contributed by atoms with Crippen LogP contribution < -0.4 is 5.73 Å². The second-order valence-corrected chi connectivity index (χ2v) is 2.16. The summed E-state index contributed by atoms with van der Waals surface area (Å²) in [5.74, 6) is 0. The van der Waals surface area contributed by atoms with Crippen molar-refractivity contribution in [2.75, 3.05) is 0 Å². The van der Waals surface area contributed by atoms with Crippen molar-refractivity contribution in [3.05, 3.63) is 30.3 Å². The van der Waals surface area contributed by atoms with E-state index in [-0.39, 0.29) is 5.29 Å². The molecule has 2 N–H and O–H groups in total. The lowest BCUT2D eigenvalue weighted by Gasteiger charge is -1.89. The Balaban J connectivity index is 2.87. The molecule has 0 spiro atoms. The quantitative estimate of drug-likeness (QED) is 0.374. The molecule has 0 bridgehead atoms. The number of halogens is 1. The van der Waals surface area contributed by atoms with Crippen LogP contribution in [0, 0.1) is 0 Å². The molecule has 0 fully saturated rings. The lowest BCUT2D eigenvalue weighted by molar-refractivity contribution is 1.51. The summed E-state index contributed by atoms with van der Waals surface area (Å²) < 4.78 is 0. The number of benzene rings is 1. The van der Waals surface area contributed by atoms with Gasteiger partial charge < -0.3 is 5.73 Å². The van der Waals surface area contributed by atoms with Crippen LogP contribution in [0.2, 0.25) is 0 Å². The molecule has 3 heteroatoms. The average molecular weight is 155 g/mol. The highest BCUT2D eigenvalue weighted by Gasteiger charge is 1.85. The highest BCUT2D eigenvalue weighted by molar-refractivity contribution is 6.64. The minimum Gasteiger partial charge on any atom is -0.374 e. The third kappa shape index (κ3) is 2.07. The van der Waals surface area contributed by atoms with Gasteiger partial charge in [-0.1, -0.05) is 18.2 Å². The molecule has 2 nitrogen and oxygen atoms in total. The van der Waals surface area contributed by atoms with Crippen molar-refractivity contribution in [1.82, 2.24) is 0 Å². The van der Waals surface area contributed by atoms with Crippen LogP contribution in [0.1, 0.15) is 0 Å². The van der Waals surface area contributed by atoms with Gasteiger partial charge in [0.15, 0.2) is 5.29 Å². The van der Waals surface area contributed by atoms with Crippen LogP contribution >= 0.6 is 11.6 Å². The summed E-state index contributed by atoms with van der Waals surface area (Å²) in [7, 11) is 0. The van der Waals surface area contributed by atoms with E-state index >= 15 is 0 Å². The molecule has 1 aromatic carbocycles.